The minimum Gasteiger partial charge on any atom is -0.396 e. The number of aromatic nitrogens is 1. The molecule has 4 heteroatoms. The Labute approximate surface area is 70.0 Å². The van der Waals surface area contributed by atoms with Crippen LogP contribution < -0.4 is 11.3 Å². The van der Waals surface area contributed by atoms with E-state index >= 15 is 0 Å². The SMILES string of the molecule is N[C@H](CCO)c1ccc(=O)[nH]c1. The van der Waals surface area contributed by atoms with Crippen LogP contribution in [-0.2, 0) is 0 Å². The third kappa shape index (κ3) is 2.18. The van der Waals surface area contributed by atoms with E-state index < -0.39 is 0 Å². The molecule has 0 radical (unpaired) electrons. The highest BCUT2D eigenvalue weighted by Gasteiger charge is 2.03. The predicted molar refractivity (Wildman–Crippen MR) is 45.7 cm³/mol. The van der Waals surface area contributed by atoms with Crippen LogP contribution >= 0.6 is 0 Å². The van der Waals surface area contributed by atoms with E-state index in [0.29, 0.717) is 6.42 Å². The fourth-order valence-corrected chi connectivity index (χ4v) is 0.959. The minimum atomic E-state index is -0.202. The molecule has 1 heterocycles. The molecule has 0 saturated carbocycles. The van der Waals surface area contributed by atoms with E-state index in [4.69, 9.17) is 10.8 Å². The molecule has 0 aliphatic rings. The summed E-state index contributed by atoms with van der Waals surface area (Å²) in [6.07, 6.45) is 2.08. The topological polar surface area (TPSA) is 79.1 Å². The molecule has 4 nitrogen and oxygen atoms in total. The second-order valence-electron chi connectivity index (χ2n) is 2.61. The molecule has 66 valence electrons. The molecule has 0 bridgehead atoms. The monoisotopic (exact) mass is 168 g/mol. The van der Waals surface area contributed by atoms with Gasteiger partial charge in [-0.3, -0.25) is 4.79 Å². The van der Waals surface area contributed by atoms with Gasteiger partial charge in [0.15, 0.2) is 0 Å². The fourth-order valence-electron chi connectivity index (χ4n) is 0.959. The first-order valence-corrected chi connectivity index (χ1v) is 3.79. The van der Waals surface area contributed by atoms with E-state index in [1.54, 1.807) is 12.3 Å². The van der Waals surface area contributed by atoms with Crippen LogP contribution in [0.3, 0.4) is 0 Å². The Morgan fingerprint density at radius 1 is 1.58 bits per heavy atom. The molecular weight excluding hydrogens is 156 g/mol. The fraction of sp³-hybridized carbons (Fsp3) is 0.375. The second kappa shape index (κ2) is 4.04. The Bertz CT molecular complexity index is 275. The van der Waals surface area contributed by atoms with Gasteiger partial charge >= 0.3 is 0 Å². The average Bonchev–Trinajstić information content (AvgIpc) is 2.06. The molecule has 1 atom stereocenters. The van der Waals surface area contributed by atoms with Crippen molar-refractivity contribution in [3.63, 3.8) is 0 Å². The number of nitrogens with two attached hydrogens (primary N) is 1. The number of hydrogen-bond acceptors (Lipinski definition) is 3. The number of rotatable bonds is 3. The third-order valence-corrected chi connectivity index (χ3v) is 1.68. The number of aliphatic hydroxyl groups excluding tert-OH is 1. The molecule has 0 fully saturated rings. The van der Waals surface area contributed by atoms with Crippen molar-refractivity contribution in [1.29, 1.82) is 0 Å². The van der Waals surface area contributed by atoms with Crippen LogP contribution in [0.25, 0.3) is 0 Å². The zero-order valence-electron chi connectivity index (χ0n) is 6.66. The largest absolute Gasteiger partial charge is 0.396 e. The lowest BCUT2D eigenvalue weighted by Crippen LogP contribution is -2.14. The number of aliphatic hydroxyl groups is 1. The van der Waals surface area contributed by atoms with Crippen molar-refractivity contribution in [3.05, 3.63) is 34.2 Å². The summed E-state index contributed by atoms with van der Waals surface area (Å²) in [6.45, 7) is 0.0558. The lowest BCUT2D eigenvalue weighted by molar-refractivity contribution is 0.276. The van der Waals surface area contributed by atoms with Gasteiger partial charge < -0.3 is 15.8 Å². The van der Waals surface area contributed by atoms with E-state index in [9.17, 15) is 4.79 Å². The highest BCUT2D eigenvalue weighted by molar-refractivity contribution is 5.12. The van der Waals surface area contributed by atoms with Crippen molar-refractivity contribution < 1.29 is 5.11 Å². The summed E-state index contributed by atoms with van der Waals surface area (Å²) in [6, 6.07) is 2.89. The molecule has 12 heavy (non-hydrogen) atoms. The Morgan fingerprint density at radius 2 is 2.33 bits per heavy atom. The predicted octanol–water partition coefficient (Wildman–Crippen LogP) is -0.243. The summed E-state index contributed by atoms with van der Waals surface area (Å²) < 4.78 is 0. The van der Waals surface area contributed by atoms with Gasteiger partial charge in [0.1, 0.15) is 0 Å². The Balaban J connectivity index is 2.75. The third-order valence-electron chi connectivity index (χ3n) is 1.68. The van der Waals surface area contributed by atoms with Crippen LogP contribution in [0.1, 0.15) is 18.0 Å². The lowest BCUT2D eigenvalue weighted by atomic mass is 10.1. The highest BCUT2D eigenvalue weighted by Crippen LogP contribution is 2.09. The second-order valence-corrected chi connectivity index (χ2v) is 2.61. The molecule has 1 aromatic rings. The molecular formula is C8H12N2O2. The van der Waals surface area contributed by atoms with Crippen molar-refractivity contribution in [2.24, 2.45) is 5.73 Å². The average molecular weight is 168 g/mol. The van der Waals surface area contributed by atoms with Gasteiger partial charge in [0, 0.05) is 24.9 Å². The van der Waals surface area contributed by atoms with E-state index in [2.05, 4.69) is 4.98 Å². The van der Waals surface area contributed by atoms with Crippen LogP contribution in [0.5, 0.6) is 0 Å². The maximum absolute atomic E-state index is 10.7. The first-order chi connectivity index (χ1) is 5.74. The van der Waals surface area contributed by atoms with Gasteiger partial charge in [0.2, 0.25) is 5.56 Å². The van der Waals surface area contributed by atoms with Crippen LogP contribution in [0.15, 0.2) is 23.1 Å². The molecule has 0 saturated heterocycles. The molecule has 1 aromatic heterocycles. The maximum Gasteiger partial charge on any atom is 0.247 e. The Morgan fingerprint density at radius 3 is 2.83 bits per heavy atom. The van der Waals surface area contributed by atoms with Crippen molar-refractivity contribution >= 4 is 0 Å². The van der Waals surface area contributed by atoms with E-state index in [-0.39, 0.29) is 18.2 Å². The van der Waals surface area contributed by atoms with Crippen LogP contribution in [-0.4, -0.2) is 16.7 Å². The zero-order chi connectivity index (χ0) is 8.97. The summed E-state index contributed by atoms with van der Waals surface area (Å²) in [5, 5.41) is 8.60. The van der Waals surface area contributed by atoms with Crippen LogP contribution in [0.2, 0.25) is 0 Å². The summed E-state index contributed by atoms with van der Waals surface area (Å²) in [5.41, 5.74) is 6.37. The van der Waals surface area contributed by atoms with Crippen LogP contribution in [0.4, 0.5) is 0 Å². The van der Waals surface area contributed by atoms with Crippen molar-refractivity contribution in [2.75, 3.05) is 6.61 Å². The molecule has 0 spiro atoms. The van der Waals surface area contributed by atoms with Gasteiger partial charge in [-0.2, -0.15) is 0 Å². The normalized spacial score (nSPS) is 12.8. The molecule has 1 rings (SSSR count). The number of aromatic amines is 1. The van der Waals surface area contributed by atoms with Gasteiger partial charge in [0.25, 0.3) is 0 Å². The smallest absolute Gasteiger partial charge is 0.247 e. The molecule has 0 aliphatic heterocycles. The number of H-pyrrole nitrogens is 1. The summed E-state index contributed by atoms with van der Waals surface area (Å²) in [7, 11) is 0. The van der Waals surface area contributed by atoms with Gasteiger partial charge in [-0.1, -0.05) is 6.07 Å². The molecule has 0 aliphatic carbocycles. The molecule has 0 aromatic carbocycles. The van der Waals surface area contributed by atoms with Crippen molar-refractivity contribution in [2.45, 2.75) is 12.5 Å². The number of hydrogen-bond donors (Lipinski definition) is 3. The van der Waals surface area contributed by atoms with Crippen LogP contribution in [0, 0.1) is 0 Å². The number of pyridine rings is 1. The lowest BCUT2D eigenvalue weighted by Gasteiger charge is -2.08. The summed E-state index contributed by atoms with van der Waals surface area (Å²) >= 11 is 0. The van der Waals surface area contributed by atoms with Gasteiger partial charge in [-0.15, -0.1) is 0 Å². The van der Waals surface area contributed by atoms with Gasteiger partial charge in [-0.25, -0.2) is 0 Å². The summed E-state index contributed by atoms with van der Waals surface area (Å²) in [5.74, 6) is 0. The first kappa shape index (κ1) is 8.96. The molecule has 0 amide bonds. The Hall–Kier alpha value is -1.13. The molecule has 4 N–H and O–H groups in total. The minimum absolute atomic E-state index is 0.0558. The standard InChI is InChI=1S/C8H12N2O2/c9-7(3-4-11)6-1-2-8(12)10-5-6/h1-2,5,7,11H,3-4,9H2,(H,10,12)/t7-/m1/s1. The van der Waals surface area contributed by atoms with E-state index in [0.717, 1.165) is 5.56 Å². The maximum atomic E-state index is 10.7. The zero-order valence-corrected chi connectivity index (χ0v) is 6.66. The quantitative estimate of drug-likeness (QED) is 0.582. The van der Waals surface area contributed by atoms with E-state index in [1.165, 1.54) is 6.07 Å². The van der Waals surface area contributed by atoms with Crippen molar-refractivity contribution in [3.8, 4) is 0 Å². The van der Waals surface area contributed by atoms with Gasteiger partial charge in [-0.05, 0) is 12.0 Å². The van der Waals surface area contributed by atoms with E-state index in [1.807, 2.05) is 0 Å². The Kier molecular flexibility index (Phi) is 3.01. The summed E-state index contributed by atoms with van der Waals surface area (Å²) in [4.78, 5) is 13.2. The van der Waals surface area contributed by atoms with Gasteiger partial charge in [0.05, 0.1) is 0 Å². The van der Waals surface area contributed by atoms with Crippen molar-refractivity contribution in [1.82, 2.24) is 4.98 Å². The number of nitrogens with one attached hydrogen (secondary N) is 1. The first-order valence-electron chi connectivity index (χ1n) is 3.79. The molecule has 0 unspecified atom stereocenters. The highest BCUT2D eigenvalue weighted by atomic mass is 16.3.